The zero-order valence-corrected chi connectivity index (χ0v) is 14.2. The second-order valence-electron chi connectivity index (χ2n) is 5.98. The van der Waals surface area contributed by atoms with Gasteiger partial charge >= 0.3 is 5.97 Å². The third-order valence-electron chi connectivity index (χ3n) is 3.77. The van der Waals surface area contributed by atoms with Crippen molar-refractivity contribution in [2.45, 2.75) is 96.8 Å². The van der Waals surface area contributed by atoms with Crippen molar-refractivity contribution >= 4 is 11.9 Å². The molecule has 130 valence electrons. The van der Waals surface area contributed by atoms with E-state index in [2.05, 4.69) is 6.92 Å². The Hall–Kier alpha value is -1.06. The van der Waals surface area contributed by atoms with Gasteiger partial charge in [0.05, 0.1) is 6.61 Å². The maximum absolute atomic E-state index is 11.5. The average Bonchev–Trinajstić information content (AvgIpc) is 2.48. The molecule has 0 saturated heterocycles. The lowest BCUT2D eigenvalue weighted by Gasteiger charge is -2.05. The summed E-state index contributed by atoms with van der Waals surface area (Å²) < 4.78 is 5.21. The molecule has 0 amide bonds. The summed E-state index contributed by atoms with van der Waals surface area (Å²) in [5.41, 5.74) is 0. The van der Waals surface area contributed by atoms with E-state index in [9.17, 15) is 14.7 Å². The fourth-order valence-corrected chi connectivity index (χ4v) is 2.39. The molecular weight excluding hydrogens is 280 g/mol. The van der Waals surface area contributed by atoms with Crippen molar-refractivity contribution in [1.82, 2.24) is 0 Å². The SMILES string of the molecule is CCCCCCCCOC(=O)CCCCCCCCC(=O)[O-]. The van der Waals surface area contributed by atoms with Crippen LogP contribution in [0.2, 0.25) is 0 Å². The lowest BCUT2D eigenvalue weighted by molar-refractivity contribution is -0.305. The molecule has 0 aromatic rings. The molecule has 4 heteroatoms. The number of carboxylic acid groups (broad SMARTS) is 1. The molecule has 0 radical (unpaired) electrons. The largest absolute Gasteiger partial charge is 0.550 e. The van der Waals surface area contributed by atoms with Gasteiger partial charge in [0.15, 0.2) is 0 Å². The summed E-state index contributed by atoms with van der Waals surface area (Å²) in [6.07, 6.45) is 13.5. The van der Waals surface area contributed by atoms with Crippen LogP contribution in [0.25, 0.3) is 0 Å². The molecule has 0 bridgehead atoms. The van der Waals surface area contributed by atoms with Gasteiger partial charge in [-0.15, -0.1) is 0 Å². The van der Waals surface area contributed by atoms with E-state index in [1.54, 1.807) is 0 Å². The number of aliphatic carboxylic acids is 1. The fraction of sp³-hybridized carbons (Fsp3) is 0.889. The first-order chi connectivity index (χ1) is 10.7. The molecule has 0 fully saturated rings. The molecule has 4 nitrogen and oxygen atoms in total. The minimum absolute atomic E-state index is 0.0782. The van der Waals surface area contributed by atoms with E-state index in [-0.39, 0.29) is 12.4 Å². The first kappa shape index (κ1) is 20.9. The quantitative estimate of drug-likeness (QED) is 0.321. The van der Waals surface area contributed by atoms with Crippen LogP contribution in [0.1, 0.15) is 96.8 Å². The van der Waals surface area contributed by atoms with Crippen LogP contribution in [0.15, 0.2) is 0 Å². The van der Waals surface area contributed by atoms with E-state index in [4.69, 9.17) is 4.74 Å². The van der Waals surface area contributed by atoms with Crippen molar-refractivity contribution in [1.29, 1.82) is 0 Å². The molecule has 0 unspecified atom stereocenters. The lowest BCUT2D eigenvalue weighted by Crippen LogP contribution is -2.21. The Morgan fingerprint density at radius 3 is 1.82 bits per heavy atom. The van der Waals surface area contributed by atoms with Crippen molar-refractivity contribution in [3.8, 4) is 0 Å². The summed E-state index contributed by atoms with van der Waals surface area (Å²) in [6, 6.07) is 0. The third kappa shape index (κ3) is 17.0. The molecule has 0 aromatic heterocycles. The van der Waals surface area contributed by atoms with Crippen molar-refractivity contribution in [2.75, 3.05) is 6.61 Å². The number of hydrogen-bond acceptors (Lipinski definition) is 4. The smallest absolute Gasteiger partial charge is 0.305 e. The van der Waals surface area contributed by atoms with Gasteiger partial charge in [-0.25, -0.2) is 0 Å². The fourth-order valence-electron chi connectivity index (χ4n) is 2.39. The van der Waals surface area contributed by atoms with Gasteiger partial charge in [-0.2, -0.15) is 0 Å². The van der Waals surface area contributed by atoms with Crippen LogP contribution < -0.4 is 5.11 Å². The van der Waals surface area contributed by atoms with Crippen LogP contribution in [0.3, 0.4) is 0 Å². The zero-order chi connectivity index (χ0) is 16.5. The van der Waals surface area contributed by atoms with E-state index in [1.807, 2.05) is 0 Å². The maximum Gasteiger partial charge on any atom is 0.305 e. The Bertz CT molecular complexity index is 276. The first-order valence-electron chi connectivity index (χ1n) is 9.02. The van der Waals surface area contributed by atoms with Gasteiger partial charge in [-0.3, -0.25) is 4.79 Å². The molecule has 0 aliphatic carbocycles. The minimum atomic E-state index is -0.965. The second kappa shape index (κ2) is 16.3. The molecule has 0 rings (SSSR count). The van der Waals surface area contributed by atoms with Gasteiger partial charge in [0.25, 0.3) is 0 Å². The molecule has 0 N–H and O–H groups in total. The molecule has 0 atom stereocenters. The minimum Gasteiger partial charge on any atom is -0.550 e. The lowest BCUT2D eigenvalue weighted by atomic mass is 10.1. The monoisotopic (exact) mass is 313 g/mol. The van der Waals surface area contributed by atoms with E-state index in [1.165, 1.54) is 25.7 Å². The summed E-state index contributed by atoms with van der Waals surface area (Å²) in [4.78, 5) is 21.7. The number of hydrogen-bond donors (Lipinski definition) is 0. The molecular formula is C18H33O4-. The summed E-state index contributed by atoms with van der Waals surface area (Å²) >= 11 is 0. The number of carbonyl (C=O) groups excluding carboxylic acids is 2. The molecule has 0 aliphatic rings. The molecule has 0 spiro atoms. The van der Waals surface area contributed by atoms with Gasteiger partial charge in [-0.1, -0.05) is 64.7 Å². The molecule has 0 aliphatic heterocycles. The van der Waals surface area contributed by atoms with Gasteiger partial charge in [0, 0.05) is 12.4 Å². The molecule has 0 aromatic carbocycles. The van der Waals surface area contributed by atoms with Gasteiger partial charge in [0.1, 0.15) is 0 Å². The predicted molar refractivity (Wildman–Crippen MR) is 86.3 cm³/mol. The highest BCUT2D eigenvalue weighted by Gasteiger charge is 2.02. The average molecular weight is 313 g/mol. The Balaban J connectivity index is 3.17. The first-order valence-corrected chi connectivity index (χ1v) is 9.02. The van der Waals surface area contributed by atoms with Crippen molar-refractivity contribution in [3.05, 3.63) is 0 Å². The normalized spacial score (nSPS) is 10.6. The Labute approximate surface area is 135 Å². The number of rotatable bonds is 16. The van der Waals surface area contributed by atoms with Gasteiger partial charge in [-0.05, 0) is 25.7 Å². The summed E-state index contributed by atoms with van der Waals surface area (Å²) in [5.74, 6) is -1.04. The predicted octanol–water partition coefficient (Wildman–Crippen LogP) is 3.76. The molecule has 0 saturated carbocycles. The van der Waals surface area contributed by atoms with Gasteiger partial charge in [0.2, 0.25) is 0 Å². The third-order valence-corrected chi connectivity index (χ3v) is 3.77. The van der Waals surface area contributed by atoms with Crippen molar-refractivity contribution < 1.29 is 19.4 Å². The summed E-state index contributed by atoms with van der Waals surface area (Å²) in [5, 5.41) is 10.2. The number of ether oxygens (including phenoxy) is 1. The number of carboxylic acids is 1. The van der Waals surface area contributed by atoms with E-state index in [0.29, 0.717) is 19.4 Å². The summed E-state index contributed by atoms with van der Waals surface area (Å²) in [7, 11) is 0. The van der Waals surface area contributed by atoms with Crippen LogP contribution >= 0.6 is 0 Å². The Morgan fingerprint density at radius 2 is 1.23 bits per heavy atom. The van der Waals surface area contributed by atoms with E-state index < -0.39 is 5.97 Å². The van der Waals surface area contributed by atoms with Crippen LogP contribution in [-0.4, -0.2) is 18.5 Å². The van der Waals surface area contributed by atoms with Gasteiger partial charge < -0.3 is 14.6 Å². The Morgan fingerprint density at radius 1 is 0.727 bits per heavy atom. The molecule has 0 heterocycles. The highest BCUT2D eigenvalue weighted by atomic mass is 16.5. The maximum atomic E-state index is 11.5. The second-order valence-corrected chi connectivity index (χ2v) is 5.98. The van der Waals surface area contributed by atoms with Crippen LogP contribution in [0.4, 0.5) is 0 Å². The van der Waals surface area contributed by atoms with Crippen LogP contribution in [0, 0.1) is 0 Å². The summed E-state index contributed by atoms with van der Waals surface area (Å²) in [6.45, 7) is 2.77. The van der Waals surface area contributed by atoms with Crippen molar-refractivity contribution in [2.24, 2.45) is 0 Å². The topological polar surface area (TPSA) is 66.4 Å². The van der Waals surface area contributed by atoms with E-state index >= 15 is 0 Å². The number of carbonyl (C=O) groups is 2. The zero-order valence-electron chi connectivity index (χ0n) is 14.2. The van der Waals surface area contributed by atoms with Crippen LogP contribution in [-0.2, 0) is 14.3 Å². The van der Waals surface area contributed by atoms with E-state index in [0.717, 1.165) is 44.9 Å². The van der Waals surface area contributed by atoms with Crippen LogP contribution in [0.5, 0.6) is 0 Å². The molecule has 22 heavy (non-hydrogen) atoms. The highest BCUT2D eigenvalue weighted by molar-refractivity contribution is 5.69. The standard InChI is InChI=1S/C18H34O4/c1-2-3-4-5-10-13-16-22-18(21)15-12-9-7-6-8-11-14-17(19)20/h2-16H2,1H3,(H,19,20)/p-1. The highest BCUT2D eigenvalue weighted by Crippen LogP contribution is 2.09. The number of esters is 1. The van der Waals surface area contributed by atoms with Crippen molar-refractivity contribution in [3.63, 3.8) is 0 Å². The Kier molecular flexibility index (Phi) is 15.5. The number of unbranched alkanes of at least 4 members (excludes halogenated alkanes) is 10.